The maximum absolute atomic E-state index is 4.27. The number of rotatable bonds is 5. The molecule has 0 N–H and O–H groups in total. The third kappa shape index (κ3) is 4.25. The summed E-state index contributed by atoms with van der Waals surface area (Å²) in [6.45, 7) is 0. The minimum atomic E-state index is 0.874. The van der Waals surface area contributed by atoms with Gasteiger partial charge in [0.1, 0.15) is 0 Å². The number of pyridine rings is 2. The van der Waals surface area contributed by atoms with Crippen LogP contribution in [0.2, 0.25) is 0 Å². The summed E-state index contributed by atoms with van der Waals surface area (Å²) in [5, 5.41) is 8.55. The fourth-order valence-corrected chi connectivity index (χ4v) is 1.39. The summed E-state index contributed by atoms with van der Waals surface area (Å²) in [4.78, 5) is 0. The largest absolute Gasteiger partial charge is 0.202 e. The van der Waals surface area contributed by atoms with Crippen LogP contribution in [0.4, 0.5) is 0 Å². The van der Waals surface area contributed by atoms with E-state index in [9.17, 15) is 0 Å². The third-order valence-electron chi connectivity index (χ3n) is 2.25. The van der Waals surface area contributed by atoms with E-state index in [1.165, 1.54) is 0 Å². The zero-order chi connectivity index (χ0) is 12.5. The Kier molecular flexibility index (Phi) is 4.75. The quantitative estimate of drug-likeness (QED) is 0.430. The van der Waals surface area contributed by atoms with Gasteiger partial charge in [-0.1, -0.05) is 21.5 Å². The van der Waals surface area contributed by atoms with Gasteiger partial charge < -0.3 is 0 Å². The number of nitrogens with zero attached hydrogens (tertiary/aromatic N) is 4. The molecule has 4 nitrogen and oxygen atoms in total. The van der Waals surface area contributed by atoms with Crippen molar-refractivity contribution in [1.29, 1.82) is 0 Å². The molecule has 90 valence electrons. The fourth-order valence-electron chi connectivity index (χ4n) is 1.39. The highest BCUT2D eigenvalue weighted by molar-refractivity contribution is 5.64. The van der Waals surface area contributed by atoms with Gasteiger partial charge in [0.2, 0.25) is 24.8 Å². The van der Waals surface area contributed by atoms with Crippen LogP contribution in [0.15, 0.2) is 71.4 Å². The molecule has 0 aliphatic heterocycles. The first-order valence-corrected chi connectivity index (χ1v) is 5.93. The van der Waals surface area contributed by atoms with E-state index in [1.807, 2.05) is 73.6 Å². The molecular weight excluding hydrogens is 224 g/mol. The van der Waals surface area contributed by atoms with Crippen molar-refractivity contribution in [3.63, 3.8) is 0 Å². The summed E-state index contributed by atoms with van der Waals surface area (Å²) in [5.41, 5.74) is 0. The SMILES string of the molecule is C(/CC/C=N/[n+]1ccccc1)=N\[n+]1ccccc1. The predicted octanol–water partition coefficient (Wildman–Crippen LogP) is 1.41. The molecule has 0 aliphatic rings. The van der Waals surface area contributed by atoms with Crippen molar-refractivity contribution in [3.05, 3.63) is 61.2 Å². The Morgan fingerprint density at radius 3 is 1.39 bits per heavy atom. The van der Waals surface area contributed by atoms with E-state index >= 15 is 0 Å². The molecule has 2 aromatic heterocycles. The van der Waals surface area contributed by atoms with Crippen LogP contribution < -0.4 is 9.35 Å². The van der Waals surface area contributed by atoms with Gasteiger partial charge in [-0.05, 0) is 23.0 Å². The summed E-state index contributed by atoms with van der Waals surface area (Å²) >= 11 is 0. The molecule has 2 aromatic rings. The van der Waals surface area contributed by atoms with E-state index in [0.717, 1.165) is 12.8 Å². The summed E-state index contributed by atoms with van der Waals surface area (Å²) in [5.74, 6) is 0. The van der Waals surface area contributed by atoms with Crippen LogP contribution in [0, 0.1) is 0 Å². The van der Waals surface area contributed by atoms with Gasteiger partial charge in [-0.3, -0.25) is 0 Å². The molecule has 0 aromatic carbocycles. The Hall–Kier alpha value is -2.36. The zero-order valence-electron chi connectivity index (χ0n) is 10.1. The van der Waals surface area contributed by atoms with Crippen LogP contribution in [0.3, 0.4) is 0 Å². The van der Waals surface area contributed by atoms with Crippen molar-refractivity contribution in [3.8, 4) is 0 Å². The maximum atomic E-state index is 4.27. The van der Waals surface area contributed by atoms with Crippen molar-refractivity contribution in [2.24, 2.45) is 10.2 Å². The van der Waals surface area contributed by atoms with Gasteiger partial charge >= 0.3 is 0 Å². The van der Waals surface area contributed by atoms with E-state index in [0.29, 0.717) is 0 Å². The van der Waals surface area contributed by atoms with Gasteiger partial charge in [0.05, 0.1) is 12.4 Å². The highest BCUT2D eigenvalue weighted by Gasteiger charge is 1.92. The second-order valence-corrected chi connectivity index (χ2v) is 3.68. The summed E-state index contributed by atoms with van der Waals surface area (Å²) in [6, 6.07) is 11.7. The molecule has 0 saturated carbocycles. The van der Waals surface area contributed by atoms with Gasteiger partial charge in [-0.2, -0.15) is 0 Å². The lowest BCUT2D eigenvalue weighted by Gasteiger charge is -1.85. The highest BCUT2D eigenvalue weighted by Crippen LogP contribution is 1.82. The molecule has 0 radical (unpaired) electrons. The summed E-state index contributed by atoms with van der Waals surface area (Å²) in [6.07, 6.45) is 13.2. The third-order valence-corrected chi connectivity index (χ3v) is 2.25. The van der Waals surface area contributed by atoms with Gasteiger partial charge in [-0.25, -0.2) is 0 Å². The monoisotopic (exact) mass is 240 g/mol. The Morgan fingerprint density at radius 2 is 1.00 bits per heavy atom. The molecule has 18 heavy (non-hydrogen) atoms. The fraction of sp³-hybridized carbons (Fsp3) is 0.143. The number of unbranched alkanes of at least 4 members (excludes halogenated alkanes) is 1. The van der Waals surface area contributed by atoms with Crippen molar-refractivity contribution < 1.29 is 9.35 Å². The molecule has 2 heterocycles. The summed E-state index contributed by atoms with van der Waals surface area (Å²) in [7, 11) is 0. The van der Waals surface area contributed by atoms with E-state index in [4.69, 9.17) is 0 Å². The standard InChI is InChI=1S/C14H16N4/c1-5-11-17(12-6-1)15-9-3-4-10-16-18-13-7-2-8-14-18/h1-2,5-14H,3-4H2/q+2/b15-9+,16-10+. The van der Waals surface area contributed by atoms with Crippen molar-refractivity contribution in [1.82, 2.24) is 0 Å². The molecule has 0 aliphatic carbocycles. The number of aromatic nitrogens is 2. The molecule has 2 rings (SSSR count). The first kappa shape index (κ1) is 12.1. The normalized spacial score (nSPS) is 11.3. The van der Waals surface area contributed by atoms with Crippen LogP contribution in [-0.2, 0) is 0 Å². The van der Waals surface area contributed by atoms with Crippen LogP contribution >= 0.6 is 0 Å². The minimum absolute atomic E-state index is 0.874. The Balaban J connectivity index is 1.73. The maximum Gasteiger partial charge on any atom is 0.202 e. The molecule has 0 saturated heterocycles. The first-order chi connectivity index (χ1) is 8.95. The predicted molar refractivity (Wildman–Crippen MR) is 70.3 cm³/mol. The molecule has 0 fully saturated rings. The Morgan fingerprint density at radius 1 is 0.611 bits per heavy atom. The zero-order valence-corrected chi connectivity index (χ0v) is 10.1. The van der Waals surface area contributed by atoms with Crippen molar-refractivity contribution in [2.75, 3.05) is 0 Å². The number of hydrogen-bond donors (Lipinski definition) is 0. The summed E-state index contributed by atoms with van der Waals surface area (Å²) < 4.78 is 3.56. The van der Waals surface area contributed by atoms with Crippen molar-refractivity contribution >= 4 is 12.4 Å². The molecule has 0 atom stereocenters. The lowest BCUT2D eigenvalue weighted by atomic mass is 10.3. The molecule has 0 amide bonds. The molecule has 0 unspecified atom stereocenters. The second-order valence-electron chi connectivity index (χ2n) is 3.68. The average molecular weight is 240 g/mol. The topological polar surface area (TPSA) is 32.5 Å². The van der Waals surface area contributed by atoms with Crippen LogP contribution in [0.1, 0.15) is 12.8 Å². The lowest BCUT2D eigenvalue weighted by Crippen LogP contribution is -2.26. The Bertz CT molecular complexity index is 456. The highest BCUT2D eigenvalue weighted by atomic mass is 15.3. The van der Waals surface area contributed by atoms with Gasteiger partial charge in [0, 0.05) is 24.3 Å². The smallest absolute Gasteiger partial charge is 0.0600 e. The van der Waals surface area contributed by atoms with Gasteiger partial charge in [0.25, 0.3) is 0 Å². The average Bonchev–Trinajstić information content (AvgIpc) is 2.45. The number of hydrogen-bond acceptors (Lipinski definition) is 2. The minimum Gasteiger partial charge on any atom is -0.0600 e. The Labute approximate surface area is 107 Å². The van der Waals surface area contributed by atoms with Gasteiger partial charge in [0.15, 0.2) is 0 Å². The molecular formula is C14H16N4+2. The second kappa shape index (κ2) is 7.06. The van der Waals surface area contributed by atoms with E-state index in [-0.39, 0.29) is 0 Å². The molecule has 4 heteroatoms. The van der Waals surface area contributed by atoms with E-state index < -0.39 is 0 Å². The first-order valence-electron chi connectivity index (χ1n) is 5.93. The van der Waals surface area contributed by atoms with Crippen LogP contribution in [0.25, 0.3) is 0 Å². The van der Waals surface area contributed by atoms with Gasteiger partial charge in [-0.15, -0.1) is 0 Å². The van der Waals surface area contributed by atoms with E-state index in [2.05, 4.69) is 10.2 Å². The van der Waals surface area contributed by atoms with Crippen molar-refractivity contribution in [2.45, 2.75) is 12.8 Å². The lowest BCUT2D eigenvalue weighted by molar-refractivity contribution is -0.678. The van der Waals surface area contributed by atoms with Crippen LogP contribution in [-0.4, -0.2) is 12.4 Å². The molecule has 0 spiro atoms. The molecule has 0 bridgehead atoms. The van der Waals surface area contributed by atoms with E-state index in [1.54, 1.807) is 9.35 Å². The van der Waals surface area contributed by atoms with Crippen LogP contribution in [0.5, 0.6) is 0 Å².